The molecule has 0 saturated carbocycles. The fourth-order valence-corrected chi connectivity index (χ4v) is 4.67. The first-order valence-electron chi connectivity index (χ1n) is 9.58. The number of piperidine rings is 1. The predicted octanol–water partition coefficient (Wildman–Crippen LogP) is -0.622. The molecule has 0 aromatic carbocycles. The summed E-state index contributed by atoms with van der Waals surface area (Å²) < 4.78 is 26.3. The predicted molar refractivity (Wildman–Crippen MR) is 105 cm³/mol. The Bertz CT molecular complexity index is 957. The van der Waals surface area contributed by atoms with Crippen molar-refractivity contribution in [2.75, 3.05) is 50.4 Å². The van der Waals surface area contributed by atoms with Gasteiger partial charge in [-0.2, -0.15) is 9.40 Å². The summed E-state index contributed by atoms with van der Waals surface area (Å²) in [6, 6.07) is 1.84. The van der Waals surface area contributed by atoms with E-state index in [9.17, 15) is 13.2 Å². The largest absolute Gasteiger partial charge is 0.356 e. The molecule has 11 nitrogen and oxygen atoms in total. The van der Waals surface area contributed by atoms with Gasteiger partial charge in [0.2, 0.25) is 15.9 Å². The standard InChI is InChI=1S/C17H24N8O3S/c1-29(27,28)24-7-5-22(6-8-24)17(26)14-3-2-4-23(10-14)15-9-16(20-12-19-15)25-13-18-11-21-25/h9,11-14H,2-8,10H2,1H3. The number of carbonyl (C=O) groups excluding carboxylic acids is 1. The molecule has 29 heavy (non-hydrogen) atoms. The van der Waals surface area contributed by atoms with E-state index in [2.05, 4.69) is 25.0 Å². The lowest BCUT2D eigenvalue weighted by atomic mass is 9.96. The maximum Gasteiger partial charge on any atom is 0.227 e. The topological polar surface area (TPSA) is 117 Å². The lowest BCUT2D eigenvalue weighted by Gasteiger charge is -2.38. The molecule has 2 fully saturated rings. The smallest absolute Gasteiger partial charge is 0.227 e. The first kappa shape index (κ1) is 19.7. The Morgan fingerprint density at radius 2 is 1.83 bits per heavy atom. The second-order valence-corrected chi connectivity index (χ2v) is 9.33. The second-order valence-electron chi connectivity index (χ2n) is 7.35. The first-order valence-corrected chi connectivity index (χ1v) is 11.4. The van der Waals surface area contributed by atoms with E-state index in [-0.39, 0.29) is 11.8 Å². The van der Waals surface area contributed by atoms with E-state index in [1.807, 2.05) is 6.07 Å². The second kappa shape index (κ2) is 8.03. The van der Waals surface area contributed by atoms with Crippen molar-refractivity contribution in [2.45, 2.75) is 12.8 Å². The van der Waals surface area contributed by atoms with E-state index >= 15 is 0 Å². The van der Waals surface area contributed by atoms with Gasteiger partial charge in [0.1, 0.15) is 24.8 Å². The Hall–Kier alpha value is -2.60. The minimum Gasteiger partial charge on any atom is -0.356 e. The molecule has 2 aromatic rings. The lowest BCUT2D eigenvalue weighted by molar-refractivity contribution is -0.137. The van der Waals surface area contributed by atoms with Gasteiger partial charge in [0.05, 0.1) is 12.2 Å². The maximum atomic E-state index is 13.0. The molecule has 2 saturated heterocycles. The Kier molecular flexibility index (Phi) is 5.46. The third kappa shape index (κ3) is 4.37. The molecule has 12 heteroatoms. The number of carbonyl (C=O) groups is 1. The van der Waals surface area contributed by atoms with Gasteiger partial charge in [-0.25, -0.2) is 28.1 Å². The van der Waals surface area contributed by atoms with Gasteiger partial charge < -0.3 is 9.80 Å². The van der Waals surface area contributed by atoms with Crippen LogP contribution in [0.15, 0.2) is 25.0 Å². The van der Waals surface area contributed by atoms with Crippen LogP contribution < -0.4 is 4.90 Å². The van der Waals surface area contributed by atoms with Crippen LogP contribution in [0.2, 0.25) is 0 Å². The zero-order valence-corrected chi connectivity index (χ0v) is 17.1. The summed E-state index contributed by atoms with van der Waals surface area (Å²) in [5.74, 6) is 1.34. The first-order chi connectivity index (χ1) is 13.9. The summed E-state index contributed by atoms with van der Waals surface area (Å²) in [4.78, 5) is 29.4. The molecule has 0 radical (unpaired) electrons. The molecule has 2 aromatic heterocycles. The van der Waals surface area contributed by atoms with Crippen molar-refractivity contribution in [3.05, 3.63) is 25.0 Å². The monoisotopic (exact) mass is 420 g/mol. The highest BCUT2D eigenvalue weighted by Gasteiger charge is 2.33. The molecule has 0 N–H and O–H groups in total. The molecule has 4 heterocycles. The van der Waals surface area contributed by atoms with Crippen LogP contribution in [0, 0.1) is 5.92 Å². The van der Waals surface area contributed by atoms with Crippen LogP contribution in [0.5, 0.6) is 0 Å². The average Bonchev–Trinajstić information content (AvgIpc) is 3.28. The summed E-state index contributed by atoms with van der Waals surface area (Å²) in [5.41, 5.74) is 0. The minimum atomic E-state index is -3.21. The highest BCUT2D eigenvalue weighted by atomic mass is 32.2. The summed E-state index contributed by atoms with van der Waals surface area (Å²) in [7, 11) is -3.21. The zero-order chi connectivity index (χ0) is 20.4. The fraction of sp³-hybridized carbons (Fsp3) is 0.588. The van der Waals surface area contributed by atoms with Crippen LogP contribution in [-0.4, -0.2) is 93.8 Å². The zero-order valence-electron chi connectivity index (χ0n) is 16.3. The van der Waals surface area contributed by atoms with Crippen LogP contribution >= 0.6 is 0 Å². The number of nitrogens with zero attached hydrogens (tertiary/aromatic N) is 8. The Labute approximate surface area is 169 Å². The van der Waals surface area contributed by atoms with Gasteiger partial charge in [0.15, 0.2) is 5.82 Å². The summed E-state index contributed by atoms with van der Waals surface area (Å²) in [6.45, 7) is 2.99. The molecule has 0 bridgehead atoms. The SMILES string of the molecule is CS(=O)(=O)N1CCN(C(=O)C2CCCN(c3cc(-n4cncn4)ncn3)C2)CC1. The quantitative estimate of drug-likeness (QED) is 0.642. The Balaban J connectivity index is 1.41. The molecule has 2 aliphatic heterocycles. The van der Waals surface area contributed by atoms with Crippen LogP contribution in [0.3, 0.4) is 0 Å². The van der Waals surface area contributed by atoms with E-state index < -0.39 is 10.0 Å². The van der Waals surface area contributed by atoms with Crippen LogP contribution in [0.25, 0.3) is 5.82 Å². The number of piperazine rings is 1. The number of aromatic nitrogens is 5. The molecule has 1 unspecified atom stereocenters. The van der Waals surface area contributed by atoms with Crippen molar-refractivity contribution in [1.82, 2.24) is 33.9 Å². The highest BCUT2D eigenvalue weighted by Crippen LogP contribution is 2.24. The number of hydrogen-bond acceptors (Lipinski definition) is 8. The van der Waals surface area contributed by atoms with Crippen molar-refractivity contribution in [2.24, 2.45) is 5.92 Å². The molecule has 0 spiro atoms. The van der Waals surface area contributed by atoms with Crippen molar-refractivity contribution in [3.63, 3.8) is 0 Å². The van der Waals surface area contributed by atoms with Crippen molar-refractivity contribution >= 4 is 21.7 Å². The minimum absolute atomic E-state index is 0.0911. The Morgan fingerprint density at radius 3 is 2.52 bits per heavy atom. The van der Waals surface area contributed by atoms with E-state index in [0.29, 0.717) is 38.5 Å². The van der Waals surface area contributed by atoms with Gasteiger partial charge >= 0.3 is 0 Å². The molecular weight excluding hydrogens is 396 g/mol. The molecule has 2 aliphatic rings. The van der Waals surface area contributed by atoms with Crippen LogP contribution in [-0.2, 0) is 14.8 Å². The number of rotatable bonds is 4. The normalized spacial score (nSPS) is 21.3. The third-order valence-corrected chi connectivity index (χ3v) is 6.71. The van der Waals surface area contributed by atoms with Gasteiger partial charge in [0, 0.05) is 45.3 Å². The molecule has 1 amide bonds. The van der Waals surface area contributed by atoms with E-state index in [0.717, 1.165) is 25.2 Å². The van der Waals surface area contributed by atoms with Gasteiger partial charge in [-0.15, -0.1) is 0 Å². The van der Waals surface area contributed by atoms with Crippen LogP contribution in [0.1, 0.15) is 12.8 Å². The van der Waals surface area contributed by atoms with Gasteiger partial charge in [-0.05, 0) is 12.8 Å². The van der Waals surface area contributed by atoms with Gasteiger partial charge in [-0.3, -0.25) is 4.79 Å². The van der Waals surface area contributed by atoms with Gasteiger partial charge in [-0.1, -0.05) is 0 Å². The van der Waals surface area contributed by atoms with Gasteiger partial charge in [0.25, 0.3) is 0 Å². The summed E-state index contributed by atoms with van der Waals surface area (Å²) in [6.07, 6.45) is 7.43. The molecule has 4 rings (SSSR count). The van der Waals surface area contributed by atoms with Crippen molar-refractivity contribution in [3.8, 4) is 5.82 Å². The maximum absolute atomic E-state index is 13.0. The van der Waals surface area contributed by atoms with Crippen molar-refractivity contribution < 1.29 is 13.2 Å². The van der Waals surface area contributed by atoms with Crippen molar-refractivity contribution in [1.29, 1.82) is 0 Å². The number of hydrogen-bond donors (Lipinski definition) is 0. The molecular formula is C17H24N8O3S. The average molecular weight is 420 g/mol. The third-order valence-electron chi connectivity index (χ3n) is 5.41. The number of sulfonamides is 1. The Morgan fingerprint density at radius 1 is 1.07 bits per heavy atom. The molecule has 0 aliphatic carbocycles. The van der Waals surface area contributed by atoms with E-state index in [4.69, 9.17) is 0 Å². The number of amides is 1. The summed E-state index contributed by atoms with van der Waals surface area (Å²) in [5, 5.41) is 4.09. The van der Waals surface area contributed by atoms with E-state index in [1.54, 1.807) is 15.9 Å². The molecule has 1 atom stereocenters. The fourth-order valence-electron chi connectivity index (χ4n) is 3.85. The van der Waals surface area contributed by atoms with Crippen LogP contribution in [0.4, 0.5) is 5.82 Å². The lowest BCUT2D eigenvalue weighted by Crippen LogP contribution is -2.53. The number of anilines is 1. The molecule has 156 valence electrons. The summed E-state index contributed by atoms with van der Waals surface area (Å²) >= 11 is 0. The van der Waals surface area contributed by atoms with E-state index in [1.165, 1.54) is 23.2 Å². The highest BCUT2D eigenvalue weighted by molar-refractivity contribution is 7.88.